The number of esters is 1. The molecule has 32 heavy (non-hydrogen) atoms. The number of thiophene rings is 1. The van der Waals surface area contributed by atoms with Crippen LogP contribution in [0.15, 0.2) is 77.6 Å². The summed E-state index contributed by atoms with van der Waals surface area (Å²) in [5.41, 5.74) is 1.35. The van der Waals surface area contributed by atoms with Crippen LogP contribution in [-0.2, 0) is 9.53 Å². The van der Waals surface area contributed by atoms with E-state index in [2.05, 4.69) is 4.98 Å². The molecular formula is C24H20N2O5S. The average Bonchev–Trinajstić information content (AvgIpc) is 3.45. The molecule has 7 nitrogen and oxygen atoms in total. The molecule has 4 rings (SSSR count). The molecule has 0 fully saturated rings. The fourth-order valence-electron chi connectivity index (χ4n) is 3.53. The molecule has 162 valence electrons. The topological polar surface area (TPSA) is 96.8 Å². The van der Waals surface area contributed by atoms with Gasteiger partial charge in [-0.3, -0.25) is 19.5 Å². The number of amides is 1. The number of carbonyl (C=O) groups is 3. The number of rotatable bonds is 7. The Bertz CT molecular complexity index is 1170. The zero-order valence-electron chi connectivity index (χ0n) is 17.2. The second-order valence-corrected chi connectivity index (χ2v) is 8.06. The number of hydrogen-bond acceptors (Lipinski definition) is 7. The summed E-state index contributed by atoms with van der Waals surface area (Å²) in [5.74, 6) is -2.16. The molecule has 1 aliphatic rings. The number of nitrogens with zero attached hydrogens (tertiary/aromatic N) is 2. The van der Waals surface area contributed by atoms with E-state index >= 15 is 0 Å². The lowest BCUT2D eigenvalue weighted by Crippen LogP contribution is -2.31. The van der Waals surface area contributed by atoms with Gasteiger partial charge in [-0.2, -0.15) is 0 Å². The molecule has 1 aromatic carbocycles. The van der Waals surface area contributed by atoms with Crippen molar-refractivity contribution in [1.29, 1.82) is 0 Å². The van der Waals surface area contributed by atoms with Crippen molar-refractivity contribution < 1.29 is 24.2 Å². The molecule has 3 heterocycles. The van der Waals surface area contributed by atoms with Crippen LogP contribution in [0, 0.1) is 0 Å². The molecular weight excluding hydrogens is 428 g/mol. The monoisotopic (exact) mass is 448 g/mol. The summed E-state index contributed by atoms with van der Waals surface area (Å²) in [6, 6.07) is 12.3. The van der Waals surface area contributed by atoms with Crippen molar-refractivity contribution in [1.82, 2.24) is 4.98 Å². The molecule has 0 spiro atoms. The van der Waals surface area contributed by atoms with E-state index in [1.807, 2.05) is 6.92 Å². The van der Waals surface area contributed by atoms with Crippen molar-refractivity contribution in [2.45, 2.75) is 19.4 Å². The minimum absolute atomic E-state index is 0.00289. The molecule has 0 aliphatic carbocycles. The first-order valence-electron chi connectivity index (χ1n) is 10.0. The van der Waals surface area contributed by atoms with Gasteiger partial charge in [-0.25, -0.2) is 4.79 Å². The zero-order valence-corrected chi connectivity index (χ0v) is 18.0. The largest absolute Gasteiger partial charge is 0.503 e. The molecule has 0 saturated heterocycles. The summed E-state index contributed by atoms with van der Waals surface area (Å²) in [7, 11) is 0. The third kappa shape index (κ3) is 3.92. The van der Waals surface area contributed by atoms with E-state index in [0.29, 0.717) is 34.7 Å². The molecule has 8 heteroatoms. The fraction of sp³-hybridized carbons (Fsp3) is 0.167. The van der Waals surface area contributed by atoms with E-state index in [4.69, 9.17) is 4.74 Å². The van der Waals surface area contributed by atoms with Gasteiger partial charge < -0.3 is 9.84 Å². The first-order valence-corrected chi connectivity index (χ1v) is 10.9. The number of aliphatic hydroxyl groups excluding tert-OH is 1. The highest BCUT2D eigenvalue weighted by Crippen LogP contribution is 2.42. The molecule has 1 atom stereocenters. The average molecular weight is 449 g/mol. The van der Waals surface area contributed by atoms with E-state index in [1.54, 1.807) is 66.3 Å². The maximum Gasteiger partial charge on any atom is 0.338 e. The van der Waals surface area contributed by atoms with E-state index < -0.39 is 29.5 Å². The highest BCUT2D eigenvalue weighted by atomic mass is 32.1. The number of anilines is 1. The maximum absolute atomic E-state index is 13.2. The number of ketones is 1. The first kappa shape index (κ1) is 21.5. The van der Waals surface area contributed by atoms with Gasteiger partial charge in [0, 0.05) is 18.1 Å². The second kappa shape index (κ2) is 9.15. The number of ether oxygens (including phenoxy) is 1. The van der Waals surface area contributed by atoms with Crippen LogP contribution < -0.4 is 4.90 Å². The van der Waals surface area contributed by atoms with Crippen molar-refractivity contribution in [3.63, 3.8) is 0 Å². The zero-order chi connectivity index (χ0) is 22.7. The van der Waals surface area contributed by atoms with Gasteiger partial charge >= 0.3 is 5.97 Å². The lowest BCUT2D eigenvalue weighted by atomic mass is 9.96. The van der Waals surface area contributed by atoms with E-state index in [1.165, 1.54) is 16.2 Å². The molecule has 1 unspecified atom stereocenters. The quantitative estimate of drug-likeness (QED) is 0.422. The van der Waals surface area contributed by atoms with Crippen LogP contribution in [0.5, 0.6) is 0 Å². The van der Waals surface area contributed by atoms with Gasteiger partial charge in [0.25, 0.3) is 5.91 Å². The van der Waals surface area contributed by atoms with Crippen LogP contribution >= 0.6 is 11.3 Å². The van der Waals surface area contributed by atoms with Crippen LogP contribution in [0.1, 0.15) is 45.0 Å². The van der Waals surface area contributed by atoms with Gasteiger partial charge in [0.15, 0.2) is 5.76 Å². The van der Waals surface area contributed by atoms with Gasteiger partial charge in [-0.05, 0) is 53.8 Å². The standard InChI is InChI=1S/C24H20N2O5S/c1-2-12-31-24(30)15-7-9-17(10-8-15)26-20(16-5-3-11-25-14-16)19(22(28)23(26)29)21(27)18-6-4-13-32-18/h3-11,13-14,20,28H,2,12H2,1H3. The summed E-state index contributed by atoms with van der Waals surface area (Å²) in [5, 5.41) is 12.5. The summed E-state index contributed by atoms with van der Waals surface area (Å²) in [4.78, 5) is 44.3. The van der Waals surface area contributed by atoms with Crippen molar-refractivity contribution >= 4 is 34.7 Å². The van der Waals surface area contributed by atoms with Gasteiger partial charge in [0.1, 0.15) is 0 Å². The van der Waals surface area contributed by atoms with Crippen LogP contribution in [-0.4, -0.2) is 34.4 Å². The van der Waals surface area contributed by atoms with E-state index in [9.17, 15) is 19.5 Å². The Kier molecular flexibility index (Phi) is 6.13. The third-order valence-electron chi connectivity index (χ3n) is 5.02. The van der Waals surface area contributed by atoms with Crippen molar-refractivity contribution in [2.75, 3.05) is 11.5 Å². The van der Waals surface area contributed by atoms with Crippen LogP contribution in [0.3, 0.4) is 0 Å². The third-order valence-corrected chi connectivity index (χ3v) is 5.88. The van der Waals surface area contributed by atoms with Gasteiger partial charge in [0.2, 0.25) is 5.78 Å². The van der Waals surface area contributed by atoms with Crippen LogP contribution in [0.2, 0.25) is 0 Å². The molecule has 3 aromatic rings. The molecule has 2 aromatic heterocycles. The van der Waals surface area contributed by atoms with E-state index in [0.717, 1.165) is 0 Å². The second-order valence-electron chi connectivity index (χ2n) is 7.12. The minimum atomic E-state index is -0.858. The molecule has 0 bridgehead atoms. The lowest BCUT2D eigenvalue weighted by molar-refractivity contribution is -0.117. The van der Waals surface area contributed by atoms with E-state index in [-0.39, 0.29) is 5.57 Å². The number of hydrogen-bond donors (Lipinski definition) is 1. The van der Waals surface area contributed by atoms with Crippen molar-refractivity contribution in [3.05, 3.63) is 93.6 Å². The lowest BCUT2D eigenvalue weighted by Gasteiger charge is -2.26. The molecule has 0 saturated carbocycles. The molecule has 1 amide bonds. The number of benzene rings is 1. The minimum Gasteiger partial charge on any atom is -0.503 e. The molecule has 1 N–H and O–H groups in total. The Labute approximate surface area is 188 Å². The highest BCUT2D eigenvalue weighted by Gasteiger charge is 2.45. The molecule has 0 radical (unpaired) electrons. The summed E-state index contributed by atoms with van der Waals surface area (Å²) >= 11 is 1.24. The summed E-state index contributed by atoms with van der Waals surface area (Å²) < 4.78 is 5.14. The maximum atomic E-state index is 13.2. The number of aromatic nitrogens is 1. The van der Waals surface area contributed by atoms with Gasteiger partial charge in [-0.1, -0.05) is 19.1 Å². The van der Waals surface area contributed by atoms with Crippen LogP contribution in [0.4, 0.5) is 5.69 Å². The summed E-state index contributed by atoms with van der Waals surface area (Å²) in [6.07, 6.45) is 3.86. The first-order chi connectivity index (χ1) is 15.5. The van der Waals surface area contributed by atoms with Gasteiger partial charge in [-0.15, -0.1) is 11.3 Å². The van der Waals surface area contributed by atoms with Crippen LogP contribution in [0.25, 0.3) is 0 Å². The Morgan fingerprint density at radius 2 is 1.94 bits per heavy atom. The number of pyridine rings is 1. The van der Waals surface area contributed by atoms with Gasteiger partial charge in [0.05, 0.1) is 28.7 Å². The summed E-state index contributed by atoms with van der Waals surface area (Å²) in [6.45, 7) is 2.22. The molecule has 1 aliphatic heterocycles. The Balaban J connectivity index is 1.74. The van der Waals surface area contributed by atoms with Crippen molar-refractivity contribution in [2.24, 2.45) is 0 Å². The fourth-order valence-corrected chi connectivity index (χ4v) is 4.21. The van der Waals surface area contributed by atoms with Crippen molar-refractivity contribution in [3.8, 4) is 0 Å². The number of carbonyl (C=O) groups excluding carboxylic acids is 3. The predicted octanol–water partition coefficient (Wildman–Crippen LogP) is 4.49. The Morgan fingerprint density at radius 1 is 1.16 bits per heavy atom. The SMILES string of the molecule is CCCOC(=O)c1ccc(N2C(=O)C(O)=C(C(=O)c3cccs3)C2c2cccnc2)cc1. The normalized spacial score (nSPS) is 15.8. The predicted molar refractivity (Wildman–Crippen MR) is 120 cm³/mol. The Morgan fingerprint density at radius 3 is 2.56 bits per heavy atom. The Hall–Kier alpha value is -3.78. The highest BCUT2D eigenvalue weighted by molar-refractivity contribution is 7.12. The number of Topliss-reactive ketones (excluding diaryl/α,β-unsaturated/α-hetero) is 1. The number of aliphatic hydroxyl groups is 1. The smallest absolute Gasteiger partial charge is 0.338 e.